The fourth-order valence-corrected chi connectivity index (χ4v) is 2.68. The second kappa shape index (κ2) is 5.75. The third-order valence-corrected chi connectivity index (χ3v) is 3.74. The molecule has 1 unspecified atom stereocenters. The Hall–Kier alpha value is -2.44. The number of carbonyl (C=O) groups is 1. The van der Waals surface area contributed by atoms with Crippen LogP contribution in [-0.4, -0.2) is 34.8 Å². The minimum absolute atomic E-state index is 0.0272. The highest BCUT2D eigenvalue weighted by atomic mass is 19.1. The summed E-state index contributed by atoms with van der Waals surface area (Å²) in [6.45, 7) is 0.875. The summed E-state index contributed by atoms with van der Waals surface area (Å²) >= 11 is 0. The molecule has 3 rings (SSSR count). The molecule has 0 bridgehead atoms. The highest BCUT2D eigenvalue weighted by Crippen LogP contribution is 2.26. The van der Waals surface area contributed by atoms with Crippen molar-refractivity contribution in [3.63, 3.8) is 0 Å². The lowest BCUT2D eigenvalue weighted by Gasteiger charge is -2.20. The Labute approximate surface area is 126 Å². The second-order valence-corrected chi connectivity index (χ2v) is 5.38. The molecule has 1 aromatic heterocycles. The van der Waals surface area contributed by atoms with Crippen LogP contribution in [0.25, 0.3) is 0 Å². The number of aromatic nitrogens is 2. The number of hydrogen-bond donors (Lipinski definition) is 1. The summed E-state index contributed by atoms with van der Waals surface area (Å²) in [5, 5.41) is 6.81. The van der Waals surface area contributed by atoms with Gasteiger partial charge in [0.2, 0.25) is 0 Å². The zero-order valence-corrected chi connectivity index (χ0v) is 12.1. The van der Waals surface area contributed by atoms with Crippen LogP contribution in [-0.2, 0) is 7.05 Å². The van der Waals surface area contributed by atoms with E-state index in [9.17, 15) is 13.6 Å². The van der Waals surface area contributed by atoms with Crippen molar-refractivity contribution in [3.8, 4) is 0 Å². The van der Waals surface area contributed by atoms with E-state index in [4.69, 9.17) is 0 Å². The molecule has 1 saturated heterocycles. The van der Waals surface area contributed by atoms with E-state index < -0.39 is 11.6 Å². The van der Waals surface area contributed by atoms with Gasteiger partial charge in [-0.25, -0.2) is 8.78 Å². The topological polar surface area (TPSA) is 50.2 Å². The molecule has 0 spiro atoms. The number of anilines is 1. The number of rotatable bonds is 3. The van der Waals surface area contributed by atoms with E-state index in [1.807, 2.05) is 0 Å². The Bertz CT molecular complexity index is 680. The quantitative estimate of drug-likeness (QED) is 0.939. The number of para-hydroxylation sites is 1. The van der Waals surface area contributed by atoms with Gasteiger partial charge in [0.1, 0.15) is 17.3 Å². The van der Waals surface area contributed by atoms with Gasteiger partial charge in [0.15, 0.2) is 0 Å². The zero-order chi connectivity index (χ0) is 15.7. The van der Waals surface area contributed by atoms with E-state index in [0.29, 0.717) is 25.1 Å². The lowest BCUT2D eigenvalue weighted by Crippen LogP contribution is -2.37. The lowest BCUT2D eigenvalue weighted by molar-refractivity contribution is 0.0940. The molecule has 1 aromatic carbocycles. The van der Waals surface area contributed by atoms with Crippen LogP contribution in [0.4, 0.5) is 14.5 Å². The molecule has 116 valence electrons. The predicted octanol–water partition coefficient (Wildman–Crippen LogP) is 1.71. The summed E-state index contributed by atoms with van der Waals surface area (Å²) in [5.74, 6) is -1.40. The van der Waals surface area contributed by atoms with Gasteiger partial charge in [0, 0.05) is 32.4 Å². The van der Waals surface area contributed by atoms with Crippen molar-refractivity contribution in [1.82, 2.24) is 15.1 Å². The van der Waals surface area contributed by atoms with Crippen molar-refractivity contribution in [3.05, 3.63) is 47.8 Å². The standard InChI is InChI=1S/C15H16F2N4O/c1-20-8-10(7-18-20)15(22)19-11-5-6-21(9-11)14-12(16)3-2-4-13(14)17/h2-4,7-8,11H,5-6,9H2,1H3,(H,19,22). The molecule has 0 radical (unpaired) electrons. The third-order valence-electron chi connectivity index (χ3n) is 3.74. The number of hydrogen-bond acceptors (Lipinski definition) is 3. The maximum absolute atomic E-state index is 13.8. The van der Waals surface area contributed by atoms with Gasteiger partial charge in [-0.05, 0) is 18.6 Å². The Morgan fingerprint density at radius 2 is 2.09 bits per heavy atom. The average Bonchev–Trinajstić information content (AvgIpc) is 3.08. The molecular weight excluding hydrogens is 290 g/mol. The van der Waals surface area contributed by atoms with Crippen LogP contribution in [0.5, 0.6) is 0 Å². The number of aryl methyl sites for hydroxylation is 1. The van der Waals surface area contributed by atoms with E-state index in [-0.39, 0.29) is 17.6 Å². The fraction of sp³-hybridized carbons (Fsp3) is 0.333. The monoisotopic (exact) mass is 306 g/mol. The molecule has 1 atom stereocenters. The minimum Gasteiger partial charge on any atom is -0.365 e. The van der Waals surface area contributed by atoms with Gasteiger partial charge < -0.3 is 10.2 Å². The van der Waals surface area contributed by atoms with Crippen LogP contribution < -0.4 is 10.2 Å². The molecule has 0 saturated carbocycles. The van der Waals surface area contributed by atoms with Crippen LogP contribution in [0.1, 0.15) is 16.8 Å². The molecule has 7 heteroatoms. The number of nitrogens with one attached hydrogen (secondary N) is 1. The number of nitrogens with zero attached hydrogens (tertiary/aromatic N) is 3. The smallest absolute Gasteiger partial charge is 0.254 e. The summed E-state index contributed by atoms with van der Waals surface area (Å²) < 4.78 is 29.1. The Morgan fingerprint density at radius 3 is 2.73 bits per heavy atom. The van der Waals surface area contributed by atoms with Crippen molar-refractivity contribution in [2.75, 3.05) is 18.0 Å². The van der Waals surface area contributed by atoms with Gasteiger partial charge in [0.25, 0.3) is 5.91 Å². The number of amides is 1. The highest BCUT2D eigenvalue weighted by Gasteiger charge is 2.28. The van der Waals surface area contributed by atoms with E-state index in [2.05, 4.69) is 10.4 Å². The first-order valence-corrected chi connectivity index (χ1v) is 7.03. The SMILES string of the molecule is Cn1cc(C(=O)NC2CCN(c3c(F)cccc3F)C2)cn1. The van der Waals surface area contributed by atoms with Crippen LogP contribution >= 0.6 is 0 Å². The molecule has 2 heterocycles. The normalized spacial score (nSPS) is 17.8. The van der Waals surface area contributed by atoms with Crippen molar-refractivity contribution in [2.45, 2.75) is 12.5 Å². The molecule has 5 nitrogen and oxygen atoms in total. The molecular formula is C15H16F2N4O. The molecule has 1 aliphatic rings. The van der Waals surface area contributed by atoms with Crippen molar-refractivity contribution in [2.24, 2.45) is 7.05 Å². The van der Waals surface area contributed by atoms with Gasteiger partial charge in [-0.3, -0.25) is 9.48 Å². The molecule has 1 fully saturated rings. The first kappa shape index (κ1) is 14.5. The number of halogens is 2. The second-order valence-electron chi connectivity index (χ2n) is 5.38. The first-order chi connectivity index (χ1) is 10.5. The maximum atomic E-state index is 13.8. The van der Waals surface area contributed by atoms with E-state index >= 15 is 0 Å². The van der Waals surface area contributed by atoms with Gasteiger partial charge in [-0.2, -0.15) is 5.10 Å². The molecule has 1 N–H and O–H groups in total. The van der Waals surface area contributed by atoms with Crippen LogP contribution in [0, 0.1) is 11.6 Å². The first-order valence-electron chi connectivity index (χ1n) is 7.03. The van der Waals surface area contributed by atoms with Crippen LogP contribution in [0.2, 0.25) is 0 Å². The molecule has 0 aliphatic carbocycles. The zero-order valence-electron chi connectivity index (χ0n) is 12.1. The minimum atomic E-state index is -0.584. The van der Waals surface area contributed by atoms with Crippen LogP contribution in [0.3, 0.4) is 0 Å². The van der Waals surface area contributed by atoms with Crippen LogP contribution in [0.15, 0.2) is 30.6 Å². The predicted molar refractivity (Wildman–Crippen MR) is 77.7 cm³/mol. The summed E-state index contributed by atoms with van der Waals surface area (Å²) in [7, 11) is 1.73. The summed E-state index contributed by atoms with van der Waals surface area (Å²) in [5.41, 5.74) is 0.443. The molecule has 2 aromatic rings. The van der Waals surface area contributed by atoms with Gasteiger partial charge >= 0.3 is 0 Å². The summed E-state index contributed by atoms with van der Waals surface area (Å²) in [6, 6.07) is 3.66. The van der Waals surface area contributed by atoms with E-state index in [1.54, 1.807) is 22.8 Å². The van der Waals surface area contributed by atoms with Crippen molar-refractivity contribution >= 4 is 11.6 Å². The van der Waals surface area contributed by atoms with Gasteiger partial charge in [0.05, 0.1) is 11.8 Å². The van der Waals surface area contributed by atoms with Crippen molar-refractivity contribution in [1.29, 1.82) is 0 Å². The van der Waals surface area contributed by atoms with E-state index in [0.717, 1.165) is 0 Å². The van der Waals surface area contributed by atoms with E-state index in [1.165, 1.54) is 24.4 Å². The summed E-state index contributed by atoms with van der Waals surface area (Å²) in [6.07, 6.45) is 3.75. The molecule has 22 heavy (non-hydrogen) atoms. The number of benzene rings is 1. The van der Waals surface area contributed by atoms with Gasteiger partial charge in [-0.15, -0.1) is 0 Å². The Kier molecular flexibility index (Phi) is 3.79. The fourth-order valence-electron chi connectivity index (χ4n) is 2.68. The number of carbonyl (C=O) groups excluding carboxylic acids is 1. The third kappa shape index (κ3) is 2.79. The lowest BCUT2D eigenvalue weighted by atomic mass is 10.2. The van der Waals surface area contributed by atoms with Gasteiger partial charge in [-0.1, -0.05) is 6.07 Å². The largest absolute Gasteiger partial charge is 0.365 e. The molecule has 1 amide bonds. The maximum Gasteiger partial charge on any atom is 0.254 e. The Balaban J connectivity index is 1.66. The summed E-state index contributed by atoms with van der Waals surface area (Å²) in [4.78, 5) is 13.7. The Morgan fingerprint density at radius 1 is 1.36 bits per heavy atom. The molecule has 1 aliphatic heterocycles. The highest BCUT2D eigenvalue weighted by molar-refractivity contribution is 5.93. The van der Waals surface area contributed by atoms with Crippen molar-refractivity contribution < 1.29 is 13.6 Å². The average molecular weight is 306 g/mol.